The molecule has 2 saturated heterocycles. The fourth-order valence-corrected chi connectivity index (χ4v) is 5.98. The highest BCUT2D eigenvalue weighted by Crippen LogP contribution is 2.31. The quantitative estimate of drug-likeness (QED) is 0.601. The number of benzene rings is 2. The number of para-hydroxylation sites is 2. The van der Waals surface area contributed by atoms with E-state index in [9.17, 15) is 9.59 Å². The normalized spacial score (nSPS) is 20.7. The Balaban J connectivity index is 1.33. The Kier molecular flexibility index (Phi) is 6.11. The molecule has 0 bridgehead atoms. The second-order valence-corrected chi connectivity index (χ2v) is 9.61. The number of rotatable bonds is 4. The van der Waals surface area contributed by atoms with Crippen LogP contribution in [0.1, 0.15) is 48.5 Å². The highest BCUT2D eigenvalue weighted by atomic mass is 32.2. The van der Waals surface area contributed by atoms with E-state index in [2.05, 4.69) is 14.8 Å². The number of nitrogens with one attached hydrogen (secondary N) is 1. The summed E-state index contributed by atoms with van der Waals surface area (Å²) in [6.07, 6.45) is 7.24. The maximum Gasteiger partial charge on any atom is 0.326 e. The number of hydrogen-bond donors (Lipinski definition) is 1. The molecule has 0 radical (unpaired) electrons. The van der Waals surface area contributed by atoms with Crippen LogP contribution in [0.5, 0.6) is 0 Å². The van der Waals surface area contributed by atoms with E-state index in [1.807, 2.05) is 59.4 Å². The van der Waals surface area contributed by atoms with E-state index < -0.39 is 0 Å². The summed E-state index contributed by atoms with van der Waals surface area (Å²) in [6, 6.07) is 16.0. The van der Waals surface area contributed by atoms with Crippen LogP contribution >= 0.6 is 11.8 Å². The fourth-order valence-electron chi connectivity index (χ4n) is 5.39. The van der Waals surface area contributed by atoms with E-state index in [1.165, 1.54) is 0 Å². The molecule has 1 amide bonds. The van der Waals surface area contributed by atoms with Gasteiger partial charge in [-0.15, -0.1) is 11.8 Å². The van der Waals surface area contributed by atoms with Crippen LogP contribution in [0.3, 0.4) is 0 Å². The van der Waals surface area contributed by atoms with Gasteiger partial charge in [0, 0.05) is 30.6 Å². The Labute approximate surface area is 192 Å². The van der Waals surface area contributed by atoms with Gasteiger partial charge in [0.2, 0.25) is 0 Å². The van der Waals surface area contributed by atoms with E-state index >= 15 is 0 Å². The minimum absolute atomic E-state index is 0.0206. The minimum atomic E-state index is -0.0206. The number of likely N-dealkylation sites (tertiary alicyclic amines) is 2. The maximum absolute atomic E-state index is 13.5. The number of imidazole rings is 1. The van der Waals surface area contributed by atoms with E-state index in [0.29, 0.717) is 0 Å². The van der Waals surface area contributed by atoms with Gasteiger partial charge in [-0.25, -0.2) is 4.79 Å². The molecule has 1 aromatic heterocycles. The summed E-state index contributed by atoms with van der Waals surface area (Å²) in [5, 5.41) is 0. The second-order valence-electron chi connectivity index (χ2n) is 8.76. The zero-order chi connectivity index (χ0) is 22.1. The molecule has 3 heterocycles. The number of nitrogens with zero attached hydrogens (tertiary/aromatic N) is 3. The van der Waals surface area contributed by atoms with E-state index in [0.717, 1.165) is 73.2 Å². The smallest absolute Gasteiger partial charge is 0.323 e. The van der Waals surface area contributed by atoms with Crippen LogP contribution in [0.15, 0.2) is 58.2 Å². The van der Waals surface area contributed by atoms with Crippen LogP contribution in [-0.2, 0) is 0 Å². The Morgan fingerprint density at radius 1 is 0.969 bits per heavy atom. The number of piperidine rings is 2. The zero-order valence-corrected chi connectivity index (χ0v) is 19.3. The summed E-state index contributed by atoms with van der Waals surface area (Å²) >= 11 is 1.63. The number of H-pyrrole nitrogens is 1. The molecule has 1 N–H and O–H groups in total. The third-order valence-corrected chi connectivity index (χ3v) is 7.77. The van der Waals surface area contributed by atoms with Crippen molar-refractivity contribution in [1.29, 1.82) is 0 Å². The summed E-state index contributed by atoms with van der Waals surface area (Å²) < 4.78 is 1.94. The summed E-state index contributed by atoms with van der Waals surface area (Å²) in [7, 11) is 0. The molecule has 6 nitrogen and oxygen atoms in total. The first-order valence-corrected chi connectivity index (χ1v) is 12.8. The van der Waals surface area contributed by atoms with Crippen molar-refractivity contribution in [2.75, 3.05) is 25.9 Å². The van der Waals surface area contributed by atoms with Crippen molar-refractivity contribution in [2.24, 2.45) is 0 Å². The maximum atomic E-state index is 13.5. The first-order chi connectivity index (χ1) is 15.7. The number of thioether (sulfide) groups is 1. The van der Waals surface area contributed by atoms with Gasteiger partial charge in [0.05, 0.1) is 22.8 Å². The summed E-state index contributed by atoms with van der Waals surface area (Å²) in [6.45, 7) is 2.61. The Morgan fingerprint density at radius 3 is 2.53 bits per heavy atom. The molecule has 3 aromatic rings. The average molecular weight is 451 g/mol. The lowest BCUT2D eigenvalue weighted by Gasteiger charge is -2.45. The summed E-state index contributed by atoms with van der Waals surface area (Å²) in [5.41, 5.74) is 2.68. The Bertz CT molecular complexity index is 1160. The number of fused-ring (bicyclic) bond motifs is 1. The molecule has 2 fully saturated rings. The number of hydrogen-bond acceptors (Lipinski definition) is 4. The molecule has 0 saturated carbocycles. The van der Waals surface area contributed by atoms with Crippen LogP contribution in [-0.4, -0.2) is 57.3 Å². The lowest BCUT2D eigenvalue weighted by atomic mass is 9.99. The zero-order valence-electron chi connectivity index (χ0n) is 18.5. The molecule has 1 unspecified atom stereocenters. The van der Waals surface area contributed by atoms with Crippen molar-refractivity contribution in [2.45, 2.75) is 49.2 Å². The van der Waals surface area contributed by atoms with Gasteiger partial charge in [0.1, 0.15) is 0 Å². The predicted molar refractivity (Wildman–Crippen MR) is 129 cm³/mol. The highest BCUT2D eigenvalue weighted by molar-refractivity contribution is 7.98. The topological polar surface area (TPSA) is 61.3 Å². The molecule has 2 aromatic carbocycles. The van der Waals surface area contributed by atoms with Gasteiger partial charge in [-0.05, 0) is 62.6 Å². The van der Waals surface area contributed by atoms with Crippen molar-refractivity contribution in [3.8, 4) is 0 Å². The van der Waals surface area contributed by atoms with Gasteiger partial charge in [-0.2, -0.15) is 0 Å². The molecule has 32 heavy (non-hydrogen) atoms. The average Bonchev–Trinajstić information content (AvgIpc) is 3.19. The third kappa shape index (κ3) is 3.88. The van der Waals surface area contributed by atoms with Crippen molar-refractivity contribution >= 4 is 28.7 Å². The highest BCUT2D eigenvalue weighted by Gasteiger charge is 2.35. The predicted octanol–water partition coefficient (Wildman–Crippen LogP) is 4.34. The van der Waals surface area contributed by atoms with Crippen molar-refractivity contribution in [3.63, 3.8) is 0 Å². The van der Waals surface area contributed by atoms with Crippen LogP contribution in [0.4, 0.5) is 0 Å². The molecule has 168 valence electrons. The monoisotopic (exact) mass is 450 g/mol. The number of aromatic amines is 1. The summed E-state index contributed by atoms with van der Waals surface area (Å²) in [5.74, 6) is 0.148. The number of amides is 1. The molecule has 5 rings (SSSR count). The standard InChI is InChI=1S/C25H30N4O2S/c1-32-22-11-5-2-8-19(22)24(30)28-15-7-6-12-23(28)27-16-13-18(14-17-27)29-21-10-4-3-9-20(21)26-25(29)31/h2-5,8-11,18,23H,6-7,12-17H2,1H3,(H,26,31). The van der Waals surface area contributed by atoms with Gasteiger partial charge in [0.25, 0.3) is 5.91 Å². The Morgan fingerprint density at radius 2 is 1.72 bits per heavy atom. The molecule has 2 aliphatic rings. The molecular weight excluding hydrogens is 420 g/mol. The molecule has 2 aliphatic heterocycles. The first kappa shape index (κ1) is 21.3. The number of carbonyl (C=O) groups is 1. The lowest BCUT2D eigenvalue weighted by molar-refractivity contribution is 0.000991. The van der Waals surface area contributed by atoms with Crippen LogP contribution in [0.2, 0.25) is 0 Å². The SMILES string of the molecule is CSc1ccccc1C(=O)N1CCCCC1N1CCC(n2c(=O)[nH]c3ccccc32)CC1. The molecule has 0 spiro atoms. The van der Waals surface area contributed by atoms with Crippen LogP contribution in [0, 0.1) is 0 Å². The van der Waals surface area contributed by atoms with Gasteiger partial charge >= 0.3 is 5.69 Å². The van der Waals surface area contributed by atoms with E-state index in [1.54, 1.807) is 11.8 Å². The molecular formula is C25H30N4O2S. The van der Waals surface area contributed by atoms with Crippen molar-refractivity contribution < 1.29 is 4.79 Å². The molecule has 1 atom stereocenters. The van der Waals surface area contributed by atoms with Gasteiger partial charge in [-0.1, -0.05) is 24.3 Å². The summed E-state index contributed by atoms with van der Waals surface area (Å²) in [4.78, 5) is 34.7. The van der Waals surface area contributed by atoms with E-state index in [-0.39, 0.29) is 23.8 Å². The van der Waals surface area contributed by atoms with Crippen LogP contribution < -0.4 is 5.69 Å². The van der Waals surface area contributed by atoms with E-state index in [4.69, 9.17) is 0 Å². The van der Waals surface area contributed by atoms with Gasteiger partial charge in [0.15, 0.2) is 0 Å². The molecule has 7 heteroatoms. The fraction of sp³-hybridized carbons (Fsp3) is 0.440. The minimum Gasteiger partial charge on any atom is -0.323 e. The largest absolute Gasteiger partial charge is 0.326 e. The number of carbonyl (C=O) groups excluding carboxylic acids is 1. The third-order valence-electron chi connectivity index (χ3n) is 6.98. The number of aromatic nitrogens is 2. The Hall–Kier alpha value is -2.51. The van der Waals surface area contributed by atoms with Crippen molar-refractivity contribution in [1.82, 2.24) is 19.4 Å². The lowest BCUT2D eigenvalue weighted by Crippen LogP contribution is -2.55. The van der Waals surface area contributed by atoms with Crippen LogP contribution in [0.25, 0.3) is 11.0 Å². The van der Waals surface area contributed by atoms with Gasteiger partial charge in [-0.3, -0.25) is 14.3 Å². The first-order valence-electron chi connectivity index (χ1n) is 11.5. The molecule has 0 aliphatic carbocycles. The van der Waals surface area contributed by atoms with Gasteiger partial charge < -0.3 is 9.88 Å². The second kappa shape index (κ2) is 9.16. The van der Waals surface area contributed by atoms with Crippen molar-refractivity contribution in [3.05, 3.63) is 64.6 Å².